The molecule has 5 heteroatoms. The monoisotopic (exact) mass is 235 g/mol. The van der Waals surface area contributed by atoms with Gasteiger partial charge in [-0.1, -0.05) is 0 Å². The highest BCUT2D eigenvalue weighted by Gasteiger charge is 2.25. The molecule has 0 amide bonds. The Kier molecular flexibility index (Phi) is 3.08. The molecule has 1 aliphatic rings. The molecule has 1 aromatic carbocycles. The summed E-state index contributed by atoms with van der Waals surface area (Å²) in [7, 11) is 1.54. The van der Waals surface area contributed by atoms with Crippen LogP contribution in [0.15, 0.2) is 12.1 Å². The third-order valence-corrected chi connectivity index (χ3v) is 3.04. The van der Waals surface area contributed by atoms with Gasteiger partial charge in [0.15, 0.2) is 0 Å². The van der Waals surface area contributed by atoms with Gasteiger partial charge in [0.25, 0.3) is 5.69 Å². The Hall–Kier alpha value is -1.91. The molecule has 17 heavy (non-hydrogen) atoms. The van der Waals surface area contributed by atoms with E-state index in [1.54, 1.807) is 6.07 Å². The van der Waals surface area contributed by atoms with Crippen LogP contribution >= 0.6 is 0 Å². The van der Waals surface area contributed by atoms with Crippen molar-refractivity contribution < 1.29 is 14.5 Å². The van der Waals surface area contributed by atoms with E-state index in [-0.39, 0.29) is 17.9 Å². The summed E-state index contributed by atoms with van der Waals surface area (Å²) in [4.78, 5) is 22.1. The van der Waals surface area contributed by atoms with Gasteiger partial charge in [0, 0.05) is 30.0 Å². The summed E-state index contributed by atoms with van der Waals surface area (Å²) in [5.74, 6) is 0.695. The van der Waals surface area contributed by atoms with Crippen molar-refractivity contribution in [3.63, 3.8) is 0 Å². The van der Waals surface area contributed by atoms with Gasteiger partial charge in [-0.2, -0.15) is 0 Å². The van der Waals surface area contributed by atoms with E-state index < -0.39 is 4.92 Å². The summed E-state index contributed by atoms with van der Waals surface area (Å²) in [6.45, 7) is 0. The van der Waals surface area contributed by atoms with E-state index in [0.29, 0.717) is 24.2 Å². The van der Waals surface area contributed by atoms with E-state index in [0.717, 1.165) is 12.0 Å². The second-order valence-corrected chi connectivity index (χ2v) is 4.07. The standard InChI is InChI=1S/C12H13NO4/c1-17-12-6-5-11(13(15)16)10-7-8(14)3-2-4-9(10)12/h5-6H,2-4,7H2,1H3. The van der Waals surface area contributed by atoms with E-state index in [4.69, 9.17) is 4.74 Å². The van der Waals surface area contributed by atoms with E-state index in [9.17, 15) is 14.9 Å². The molecular weight excluding hydrogens is 222 g/mol. The van der Waals surface area contributed by atoms with Gasteiger partial charge >= 0.3 is 0 Å². The molecule has 5 nitrogen and oxygen atoms in total. The number of nitro groups is 1. The summed E-state index contributed by atoms with van der Waals surface area (Å²) in [5, 5.41) is 10.9. The minimum Gasteiger partial charge on any atom is -0.496 e. The van der Waals surface area contributed by atoms with Crippen LogP contribution in [0.2, 0.25) is 0 Å². The van der Waals surface area contributed by atoms with Crippen LogP contribution in [0.4, 0.5) is 5.69 Å². The first-order valence-electron chi connectivity index (χ1n) is 5.48. The van der Waals surface area contributed by atoms with Crippen molar-refractivity contribution in [2.75, 3.05) is 7.11 Å². The number of carbonyl (C=O) groups excluding carboxylic acids is 1. The summed E-state index contributed by atoms with van der Waals surface area (Å²) < 4.78 is 5.20. The summed E-state index contributed by atoms with van der Waals surface area (Å²) in [6, 6.07) is 3.02. The molecular formula is C12H13NO4. The second kappa shape index (κ2) is 4.53. The smallest absolute Gasteiger partial charge is 0.273 e. The molecule has 0 N–H and O–H groups in total. The zero-order chi connectivity index (χ0) is 12.4. The summed E-state index contributed by atoms with van der Waals surface area (Å²) >= 11 is 0. The Balaban J connectivity index is 2.60. The van der Waals surface area contributed by atoms with Crippen molar-refractivity contribution in [3.05, 3.63) is 33.4 Å². The molecule has 90 valence electrons. The molecule has 1 aromatic rings. The number of hydrogen-bond acceptors (Lipinski definition) is 4. The van der Waals surface area contributed by atoms with Crippen LogP contribution in [0.5, 0.6) is 5.75 Å². The zero-order valence-electron chi connectivity index (χ0n) is 9.56. The van der Waals surface area contributed by atoms with Gasteiger partial charge < -0.3 is 4.74 Å². The Morgan fingerprint density at radius 1 is 1.29 bits per heavy atom. The molecule has 0 aromatic heterocycles. The number of fused-ring (bicyclic) bond motifs is 1. The third-order valence-electron chi connectivity index (χ3n) is 3.04. The molecule has 2 rings (SSSR count). The SMILES string of the molecule is COc1ccc([N+](=O)[O-])c2c1CCCC(=O)C2. The van der Waals surface area contributed by atoms with Crippen LogP contribution in [0.25, 0.3) is 0 Å². The number of Topliss-reactive ketones (excluding diaryl/α,β-unsaturated/α-hetero) is 1. The average Bonchev–Trinajstić information content (AvgIpc) is 2.48. The second-order valence-electron chi connectivity index (χ2n) is 4.07. The quantitative estimate of drug-likeness (QED) is 0.447. The number of nitro benzene ring substituents is 1. The van der Waals surface area contributed by atoms with Crippen LogP contribution in [-0.4, -0.2) is 17.8 Å². The first-order chi connectivity index (χ1) is 8.13. The Morgan fingerprint density at radius 2 is 2.06 bits per heavy atom. The Labute approximate surface area is 98.5 Å². The number of carbonyl (C=O) groups is 1. The van der Waals surface area contributed by atoms with Crippen molar-refractivity contribution in [1.82, 2.24) is 0 Å². The van der Waals surface area contributed by atoms with Crippen LogP contribution in [-0.2, 0) is 17.6 Å². The predicted octanol–water partition coefficient (Wildman–Crippen LogP) is 2.05. The lowest BCUT2D eigenvalue weighted by Crippen LogP contribution is -2.05. The van der Waals surface area contributed by atoms with Gasteiger partial charge in [-0.3, -0.25) is 14.9 Å². The molecule has 0 saturated heterocycles. The minimum absolute atomic E-state index is 0.0241. The number of rotatable bonds is 2. The van der Waals surface area contributed by atoms with Gasteiger partial charge in [-0.15, -0.1) is 0 Å². The third kappa shape index (κ3) is 2.13. The molecule has 0 unspecified atom stereocenters. The van der Waals surface area contributed by atoms with Crippen LogP contribution in [0.1, 0.15) is 24.0 Å². The van der Waals surface area contributed by atoms with Gasteiger partial charge in [-0.05, 0) is 18.9 Å². The van der Waals surface area contributed by atoms with E-state index >= 15 is 0 Å². The highest BCUT2D eigenvalue weighted by atomic mass is 16.6. The molecule has 0 aliphatic heterocycles. The molecule has 0 fully saturated rings. The lowest BCUT2D eigenvalue weighted by atomic mass is 9.99. The number of ketones is 1. The van der Waals surface area contributed by atoms with Gasteiger partial charge in [0.2, 0.25) is 0 Å². The Morgan fingerprint density at radius 3 is 2.71 bits per heavy atom. The first kappa shape index (κ1) is 11.6. The molecule has 0 atom stereocenters. The summed E-state index contributed by atoms with van der Waals surface area (Å²) in [6.07, 6.45) is 2.01. The largest absolute Gasteiger partial charge is 0.496 e. The number of benzene rings is 1. The molecule has 0 bridgehead atoms. The molecule has 0 saturated carbocycles. The van der Waals surface area contributed by atoms with Crippen molar-refractivity contribution in [1.29, 1.82) is 0 Å². The van der Waals surface area contributed by atoms with Gasteiger partial charge in [0.05, 0.1) is 12.0 Å². The predicted molar refractivity (Wildman–Crippen MR) is 61.3 cm³/mol. The maximum absolute atomic E-state index is 11.6. The molecule has 0 radical (unpaired) electrons. The average molecular weight is 235 g/mol. The lowest BCUT2D eigenvalue weighted by molar-refractivity contribution is -0.385. The van der Waals surface area contributed by atoms with Crippen LogP contribution in [0.3, 0.4) is 0 Å². The normalized spacial score (nSPS) is 15.0. The fourth-order valence-electron chi connectivity index (χ4n) is 2.24. The molecule has 0 heterocycles. The lowest BCUT2D eigenvalue weighted by Gasteiger charge is -2.10. The fourth-order valence-corrected chi connectivity index (χ4v) is 2.24. The topological polar surface area (TPSA) is 69.4 Å². The number of ether oxygens (including phenoxy) is 1. The van der Waals surface area contributed by atoms with Crippen molar-refractivity contribution >= 4 is 11.5 Å². The highest BCUT2D eigenvalue weighted by Crippen LogP contribution is 2.34. The van der Waals surface area contributed by atoms with E-state index in [2.05, 4.69) is 0 Å². The van der Waals surface area contributed by atoms with Crippen molar-refractivity contribution in [2.24, 2.45) is 0 Å². The first-order valence-corrected chi connectivity index (χ1v) is 5.48. The van der Waals surface area contributed by atoms with Crippen molar-refractivity contribution in [2.45, 2.75) is 25.7 Å². The number of hydrogen-bond donors (Lipinski definition) is 0. The zero-order valence-corrected chi connectivity index (χ0v) is 9.56. The maximum atomic E-state index is 11.6. The summed E-state index contributed by atoms with van der Waals surface area (Å²) in [5.41, 5.74) is 1.36. The van der Waals surface area contributed by atoms with E-state index in [1.165, 1.54) is 13.2 Å². The van der Waals surface area contributed by atoms with Crippen LogP contribution < -0.4 is 4.74 Å². The molecule has 0 spiro atoms. The van der Waals surface area contributed by atoms with Crippen molar-refractivity contribution in [3.8, 4) is 5.75 Å². The van der Waals surface area contributed by atoms with E-state index in [1.807, 2.05) is 0 Å². The van der Waals surface area contributed by atoms with Gasteiger partial charge in [-0.25, -0.2) is 0 Å². The highest BCUT2D eigenvalue weighted by molar-refractivity contribution is 5.83. The fraction of sp³-hybridized carbons (Fsp3) is 0.417. The minimum atomic E-state index is -0.434. The number of methoxy groups -OCH3 is 1. The molecule has 1 aliphatic carbocycles. The number of nitrogens with zero attached hydrogens (tertiary/aromatic N) is 1. The Bertz CT molecular complexity index is 482. The van der Waals surface area contributed by atoms with Crippen LogP contribution in [0, 0.1) is 10.1 Å². The maximum Gasteiger partial charge on any atom is 0.273 e. The van der Waals surface area contributed by atoms with Gasteiger partial charge in [0.1, 0.15) is 11.5 Å².